The van der Waals surface area contributed by atoms with E-state index in [1.54, 1.807) is 0 Å². The first-order valence-electron chi connectivity index (χ1n) is 3.13. The minimum Gasteiger partial charge on any atom is -0.481 e. The van der Waals surface area contributed by atoms with Crippen LogP contribution in [0.5, 0.6) is 0 Å². The number of carbonyl (C=O) groups excluding carboxylic acids is 1. The Morgan fingerprint density at radius 2 is 2.18 bits per heavy atom. The number of rotatable bonds is 4. The first kappa shape index (κ1) is 9.68. The Morgan fingerprint density at radius 3 is 2.64 bits per heavy atom. The van der Waals surface area contributed by atoms with Crippen molar-refractivity contribution in [3.63, 3.8) is 0 Å². The van der Waals surface area contributed by atoms with Gasteiger partial charge >= 0.3 is 11.9 Å². The second-order valence-corrected chi connectivity index (χ2v) is 1.86. The van der Waals surface area contributed by atoms with Crippen molar-refractivity contribution >= 4 is 11.9 Å². The van der Waals surface area contributed by atoms with Gasteiger partial charge in [-0.25, -0.2) is 4.79 Å². The quantitative estimate of drug-likeness (QED) is 0.480. The third-order valence-electron chi connectivity index (χ3n) is 0.980. The van der Waals surface area contributed by atoms with Crippen LogP contribution in [0, 0.1) is 0 Å². The van der Waals surface area contributed by atoms with Crippen LogP contribution in [0.3, 0.4) is 0 Å². The Labute approximate surface area is 64.5 Å². The lowest BCUT2D eigenvalue weighted by molar-refractivity contribution is -0.137. The van der Waals surface area contributed by atoms with E-state index >= 15 is 0 Å². The maximum Gasteiger partial charge on any atom is 0.330 e. The summed E-state index contributed by atoms with van der Waals surface area (Å²) in [6.07, 6.45) is 3.07. The smallest absolute Gasteiger partial charge is 0.330 e. The van der Waals surface area contributed by atoms with Crippen LogP contribution in [0.4, 0.5) is 0 Å². The largest absolute Gasteiger partial charge is 0.481 e. The van der Waals surface area contributed by atoms with Gasteiger partial charge in [0.1, 0.15) is 0 Å². The lowest BCUT2D eigenvalue weighted by atomic mass is 10.3. The Bertz CT molecular complexity index is 171. The first-order valence-corrected chi connectivity index (χ1v) is 3.13. The van der Waals surface area contributed by atoms with Crippen molar-refractivity contribution < 1.29 is 19.4 Å². The van der Waals surface area contributed by atoms with Crippen molar-refractivity contribution in [2.24, 2.45) is 0 Å². The molecule has 0 spiro atoms. The predicted octanol–water partition coefficient (Wildman–Crippen LogP) is 0.580. The summed E-state index contributed by atoms with van der Waals surface area (Å²) in [5.41, 5.74) is 0. The summed E-state index contributed by atoms with van der Waals surface area (Å²) in [5.74, 6) is -1.34. The van der Waals surface area contributed by atoms with Gasteiger partial charge < -0.3 is 9.84 Å². The van der Waals surface area contributed by atoms with E-state index < -0.39 is 11.9 Å². The number of carbonyl (C=O) groups is 2. The highest BCUT2D eigenvalue weighted by atomic mass is 16.5. The number of carboxylic acid groups (broad SMARTS) is 1. The molecule has 0 aromatic heterocycles. The molecule has 0 atom stereocenters. The zero-order chi connectivity index (χ0) is 8.69. The van der Waals surface area contributed by atoms with Crippen molar-refractivity contribution in [3.05, 3.63) is 12.2 Å². The number of allylic oxidation sites excluding steroid dienone is 1. The van der Waals surface area contributed by atoms with E-state index in [0.717, 1.165) is 0 Å². The van der Waals surface area contributed by atoms with Gasteiger partial charge in [0.2, 0.25) is 0 Å². The molecule has 0 aliphatic rings. The summed E-state index contributed by atoms with van der Waals surface area (Å²) < 4.78 is 4.28. The highest BCUT2D eigenvalue weighted by molar-refractivity contribution is 5.81. The zero-order valence-electron chi connectivity index (χ0n) is 6.24. The van der Waals surface area contributed by atoms with Crippen molar-refractivity contribution in [2.45, 2.75) is 12.8 Å². The van der Waals surface area contributed by atoms with E-state index in [-0.39, 0.29) is 6.42 Å². The minimum atomic E-state index is -0.875. The number of carboxylic acids is 1. The Hall–Kier alpha value is -1.32. The minimum absolute atomic E-state index is 0.0352. The van der Waals surface area contributed by atoms with Gasteiger partial charge in [-0.15, -0.1) is 0 Å². The molecule has 0 aliphatic heterocycles. The van der Waals surface area contributed by atoms with Crippen molar-refractivity contribution in [2.75, 3.05) is 7.11 Å². The number of methoxy groups -OCH3 is 1. The molecule has 0 rings (SSSR count). The molecule has 0 aliphatic carbocycles. The average molecular weight is 158 g/mol. The maximum absolute atomic E-state index is 10.4. The van der Waals surface area contributed by atoms with Gasteiger partial charge in [-0.1, -0.05) is 6.08 Å². The highest BCUT2D eigenvalue weighted by Crippen LogP contribution is 1.90. The van der Waals surface area contributed by atoms with Gasteiger partial charge in [0.15, 0.2) is 0 Å². The molecule has 1 N–H and O–H groups in total. The normalized spacial score (nSPS) is 9.91. The third kappa shape index (κ3) is 6.57. The van der Waals surface area contributed by atoms with Crippen molar-refractivity contribution in [3.8, 4) is 0 Å². The van der Waals surface area contributed by atoms with Gasteiger partial charge in [0.25, 0.3) is 0 Å². The summed E-state index contributed by atoms with van der Waals surface area (Å²) in [6.45, 7) is 0. The van der Waals surface area contributed by atoms with Crippen LogP contribution in [0.1, 0.15) is 12.8 Å². The zero-order valence-corrected chi connectivity index (χ0v) is 6.24. The van der Waals surface area contributed by atoms with Gasteiger partial charge in [0, 0.05) is 12.5 Å². The molecule has 0 amide bonds. The molecule has 11 heavy (non-hydrogen) atoms. The number of ether oxygens (including phenoxy) is 1. The highest BCUT2D eigenvalue weighted by Gasteiger charge is 1.93. The number of hydrogen-bond donors (Lipinski definition) is 1. The average Bonchev–Trinajstić information content (AvgIpc) is 1.97. The summed E-state index contributed by atoms with van der Waals surface area (Å²) >= 11 is 0. The first-order chi connectivity index (χ1) is 5.16. The SMILES string of the molecule is COC(=O)/C=C\CCC(=O)O. The fraction of sp³-hybridized carbons (Fsp3) is 0.429. The molecular weight excluding hydrogens is 148 g/mol. The lowest BCUT2D eigenvalue weighted by Gasteiger charge is -1.88. The maximum atomic E-state index is 10.4. The molecule has 0 heterocycles. The van der Waals surface area contributed by atoms with E-state index in [1.165, 1.54) is 19.3 Å². The van der Waals surface area contributed by atoms with Gasteiger partial charge in [-0.2, -0.15) is 0 Å². The summed E-state index contributed by atoms with van der Waals surface area (Å²) in [4.78, 5) is 20.4. The second-order valence-electron chi connectivity index (χ2n) is 1.86. The number of esters is 1. The molecule has 0 unspecified atom stereocenters. The number of aliphatic carboxylic acids is 1. The third-order valence-corrected chi connectivity index (χ3v) is 0.980. The van der Waals surface area contributed by atoms with Crippen LogP contribution >= 0.6 is 0 Å². The van der Waals surface area contributed by atoms with Crippen LogP contribution in [-0.4, -0.2) is 24.2 Å². The van der Waals surface area contributed by atoms with Gasteiger partial charge in [-0.05, 0) is 6.42 Å². The van der Waals surface area contributed by atoms with Crippen molar-refractivity contribution in [1.29, 1.82) is 0 Å². The van der Waals surface area contributed by atoms with Crippen LogP contribution in [-0.2, 0) is 14.3 Å². The fourth-order valence-electron chi connectivity index (χ4n) is 0.454. The molecule has 0 aromatic rings. The summed E-state index contributed by atoms with van der Waals surface area (Å²) in [5, 5.41) is 8.19. The molecule has 0 saturated carbocycles. The monoisotopic (exact) mass is 158 g/mol. The number of hydrogen-bond acceptors (Lipinski definition) is 3. The second kappa shape index (κ2) is 5.46. The van der Waals surface area contributed by atoms with E-state index in [2.05, 4.69) is 4.74 Å². The molecule has 0 saturated heterocycles. The topological polar surface area (TPSA) is 63.6 Å². The lowest BCUT2D eigenvalue weighted by Crippen LogP contribution is -1.95. The Morgan fingerprint density at radius 1 is 1.55 bits per heavy atom. The van der Waals surface area contributed by atoms with Crippen LogP contribution in [0.2, 0.25) is 0 Å². The molecule has 0 radical (unpaired) electrons. The van der Waals surface area contributed by atoms with Crippen molar-refractivity contribution in [1.82, 2.24) is 0 Å². The standard InChI is InChI=1S/C7H10O4/c1-11-7(10)5-3-2-4-6(8)9/h3,5H,2,4H2,1H3,(H,8,9)/b5-3-. The Kier molecular flexibility index (Phi) is 4.81. The van der Waals surface area contributed by atoms with E-state index in [9.17, 15) is 9.59 Å². The predicted molar refractivity (Wildman–Crippen MR) is 38.0 cm³/mol. The van der Waals surface area contributed by atoms with Crippen LogP contribution < -0.4 is 0 Å². The molecular formula is C7H10O4. The molecule has 0 aromatic carbocycles. The fourth-order valence-corrected chi connectivity index (χ4v) is 0.454. The summed E-state index contributed by atoms with van der Waals surface area (Å²) in [6, 6.07) is 0. The van der Waals surface area contributed by atoms with Crippen LogP contribution in [0.15, 0.2) is 12.2 Å². The van der Waals surface area contributed by atoms with Gasteiger partial charge in [-0.3, -0.25) is 4.79 Å². The molecule has 0 fully saturated rings. The van der Waals surface area contributed by atoms with Crippen LogP contribution in [0.25, 0.3) is 0 Å². The molecule has 62 valence electrons. The van der Waals surface area contributed by atoms with E-state index in [4.69, 9.17) is 5.11 Å². The molecule has 0 bridgehead atoms. The Balaban J connectivity index is 3.45. The van der Waals surface area contributed by atoms with E-state index in [0.29, 0.717) is 6.42 Å². The van der Waals surface area contributed by atoms with Gasteiger partial charge in [0.05, 0.1) is 7.11 Å². The molecule has 4 nitrogen and oxygen atoms in total. The van der Waals surface area contributed by atoms with E-state index in [1.807, 2.05) is 0 Å². The molecule has 4 heteroatoms. The summed E-state index contributed by atoms with van der Waals surface area (Å²) in [7, 11) is 1.27.